The zero-order valence-corrected chi connectivity index (χ0v) is 17.3. The van der Waals surface area contributed by atoms with Gasteiger partial charge in [0.1, 0.15) is 0 Å². The Labute approximate surface area is 181 Å². The summed E-state index contributed by atoms with van der Waals surface area (Å²) in [4.78, 5) is 19.1. The van der Waals surface area contributed by atoms with Gasteiger partial charge in [0.05, 0.1) is 17.7 Å². The van der Waals surface area contributed by atoms with Gasteiger partial charge in [-0.1, -0.05) is 24.3 Å². The van der Waals surface area contributed by atoms with Crippen LogP contribution >= 0.6 is 0 Å². The number of pyridine rings is 1. The molecule has 2 aliphatic rings. The topological polar surface area (TPSA) is 95.6 Å². The maximum Gasteiger partial charge on any atom is 0.245 e. The summed E-state index contributed by atoms with van der Waals surface area (Å²) in [6.45, 7) is 4.01. The van der Waals surface area contributed by atoms with Gasteiger partial charge < -0.3 is 16.0 Å². The molecule has 1 aliphatic heterocycles. The van der Waals surface area contributed by atoms with Crippen LogP contribution in [0, 0.1) is 5.92 Å². The second kappa shape index (κ2) is 8.09. The average molecular weight is 415 g/mol. The highest BCUT2D eigenvalue weighted by Crippen LogP contribution is 2.49. The van der Waals surface area contributed by atoms with Crippen LogP contribution < -0.4 is 21.4 Å². The molecule has 1 saturated carbocycles. The predicted molar refractivity (Wildman–Crippen MR) is 123 cm³/mol. The highest BCUT2D eigenvalue weighted by atomic mass is 16.2. The third-order valence-corrected chi connectivity index (χ3v) is 6.26. The Morgan fingerprint density at radius 2 is 1.97 bits per heavy atom. The first kappa shape index (κ1) is 19.7. The van der Waals surface area contributed by atoms with Gasteiger partial charge in [-0.3, -0.25) is 9.78 Å². The molecule has 0 bridgehead atoms. The van der Waals surface area contributed by atoms with Gasteiger partial charge in [0.15, 0.2) is 0 Å². The molecule has 7 nitrogen and oxygen atoms in total. The number of nitrogens with zero attached hydrogens (tertiary/aromatic N) is 3. The molecule has 31 heavy (non-hydrogen) atoms. The molecule has 0 radical (unpaired) electrons. The fraction of sp³-hybridized carbons (Fsp3) is 0.292. The Kier molecular flexibility index (Phi) is 5.13. The number of benzene rings is 2. The Morgan fingerprint density at radius 1 is 1.16 bits per heavy atom. The first-order chi connectivity index (χ1) is 15.1. The normalized spacial score (nSPS) is 23.3. The van der Waals surface area contributed by atoms with Crippen molar-refractivity contribution in [3.8, 4) is 0 Å². The van der Waals surface area contributed by atoms with Crippen molar-refractivity contribution in [2.75, 3.05) is 31.1 Å². The molecule has 2 unspecified atom stereocenters. The van der Waals surface area contributed by atoms with Crippen LogP contribution in [0.5, 0.6) is 0 Å². The third kappa shape index (κ3) is 4.02. The van der Waals surface area contributed by atoms with Crippen LogP contribution in [0.4, 0.5) is 5.69 Å². The van der Waals surface area contributed by atoms with Gasteiger partial charge in [-0.05, 0) is 47.2 Å². The molecule has 4 N–H and O–H groups in total. The molecule has 1 aliphatic carbocycles. The number of anilines is 1. The zero-order chi connectivity index (χ0) is 21.3. The summed E-state index contributed by atoms with van der Waals surface area (Å²) < 4.78 is 0. The van der Waals surface area contributed by atoms with E-state index in [1.165, 1.54) is 5.69 Å². The molecule has 2 atom stereocenters. The number of amides is 1. The molecule has 2 fully saturated rings. The SMILES string of the molecule is NC1(c2ccc(N3CCNCC3)cc2)CC1C(=O)N/N=C/c1ccc2cnccc2c1. The van der Waals surface area contributed by atoms with E-state index in [4.69, 9.17) is 5.73 Å². The predicted octanol–water partition coefficient (Wildman–Crippen LogP) is 1.97. The quantitative estimate of drug-likeness (QED) is 0.438. The number of aromatic nitrogens is 1. The van der Waals surface area contributed by atoms with E-state index >= 15 is 0 Å². The molecular weight excluding hydrogens is 388 g/mol. The number of nitrogens with one attached hydrogen (secondary N) is 2. The Balaban J connectivity index is 1.20. The Hall–Kier alpha value is -3.29. The molecule has 1 amide bonds. The summed E-state index contributed by atoms with van der Waals surface area (Å²) in [5.74, 6) is -0.410. The zero-order valence-electron chi connectivity index (χ0n) is 17.3. The maximum atomic E-state index is 12.6. The van der Waals surface area contributed by atoms with E-state index in [0.29, 0.717) is 6.42 Å². The van der Waals surface area contributed by atoms with E-state index in [9.17, 15) is 4.79 Å². The average Bonchev–Trinajstić information content (AvgIpc) is 3.52. The molecule has 0 spiro atoms. The monoisotopic (exact) mass is 414 g/mol. The van der Waals surface area contributed by atoms with Crippen LogP contribution in [0.3, 0.4) is 0 Å². The first-order valence-corrected chi connectivity index (χ1v) is 10.7. The van der Waals surface area contributed by atoms with E-state index in [2.05, 4.69) is 50.0 Å². The third-order valence-electron chi connectivity index (χ3n) is 6.26. The molecule has 1 saturated heterocycles. The van der Waals surface area contributed by atoms with Crippen LogP contribution in [0.1, 0.15) is 17.5 Å². The second-order valence-corrected chi connectivity index (χ2v) is 8.30. The molecular formula is C24H26N6O. The van der Waals surface area contributed by atoms with Crippen molar-refractivity contribution in [1.29, 1.82) is 0 Å². The molecule has 1 aromatic heterocycles. The fourth-order valence-corrected chi connectivity index (χ4v) is 4.26. The lowest BCUT2D eigenvalue weighted by Gasteiger charge is -2.29. The lowest BCUT2D eigenvalue weighted by molar-refractivity contribution is -0.122. The van der Waals surface area contributed by atoms with Crippen molar-refractivity contribution >= 4 is 28.6 Å². The standard InChI is InChI=1S/C24H26N6O/c25-24(20-3-5-21(6-4-20)30-11-9-26-10-12-30)14-22(24)23(31)29-28-15-17-1-2-19-16-27-8-7-18(19)13-17/h1-8,13,15-16,22,26H,9-12,14,25H2,(H,29,31)/b28-15+. The van der Waals surface area contributed by atoms with Gasteiger partial charge in [-0.25, -0.2) is 5.43 Å². The number of hydrogen-bond acceptors (Lipinski definition) is 6. The molecule has 158 valence electrons. The van der Waals surface area contributed by atoms with E-state index in [-0.39, 0.29) is 11.8 Å². The number of nitrogens with two attached hydrogens (primary N) is 1. The van der Waals surface area contributed by atoms with Gasteiger partial charge in [0, 0.05) is 49.6 Å². The summed E-state index contributed by atoms with van der Waals surface area (Å²) in [7, 11) is 0. The van der Waals surface area contributed by atoms with E-state index in [0.717, 1.165) is 48.1 Å². The number of hydrogen-bond donors (Lipinski definition) is 3. The maximum absolute atomic E-state index is 12.6. The molecule has 3 aromatic rings. The van der Waals surface area contributed by atoms with Crippen LogP contribution in [-0.2, 0) is 10.3 Å². The minimum Gasteiger partial charge on any atom is -0.369 e. The number of fused-ring (bicyclic) bond motifs is 1. The summed E-state index contributed by atoms with van der Waals surface area (Å²) in [5.41, 5.74) is 11.7. The van der Waals surface area contributed by atoms with Crippen LogP contribution in [0.25, 0.3) is 10.8 Å². The number of carbonyl (C=O) groups is 1. The highest BCUT2D eigenvalue weighted by molar-refractivity contribution is 5.91. The number of hydrazone groups is 1. The van der Waals surface area contributed by atoms with E-state index in [1.54, 1.807) is 12.4 Å². The Bertz CT molecular complexity index is 1120. The molecule has 7 heteroatoms. The first-order valence-electron chi connectivity index (χ1n) is 10.7. The van der Waals surface area contributed by atoms with Gasteiger partial charge in [-0.15, -0.1) is 0 Å². The molecule has 2 heterocycles. The summed E-state index contributed by atoms with van der Waals surface area (Å²) in [6.07, 6.45) is 5.86. The smallest absolute Gasteiger partial charge is 0.245 e. The van der Waals surface area contributed by atoms with Crippen molar-refractivity contribution in [2.24, 2.45) is 16.8 Å². The highest BCUT2D eigenvalue weighted by Gasteiger charge is 2.56. The van der Waals surface area contributed by atoms with Gasteiger partial charge in [0.2, 0.25) is 5.91 Å². The lowest BCUT2D eigenvalue weighted by atomic mass is 10.0. The van der Waals surface area contributed by atoms with Crippen molar-refractivity contribution in [1.82, 2.24) is 15.7 Å². The summed E-state index contributed by atoms with van der Waals surface area (Å²) in [5, 5.41) is 9.65. The second-order valence-electron chi connectivity index (χ2n) is 8.30. The van der Waals surface area contributed by atoms with Gasteiger partial charge in [-0.2, -0.15) is 5.10 Å². The minimum atomic E-state index is -0.614. The van der Waals surface area contributed by atoms with Gasteiger partial charge >= 0.3 is 0 Å². The lowest BCUT2D eigenvalue weighted by Crippen LogP contribution is -2.43. The number of piperazine rings is 1. The fourth-order valence-electron chi connectivity index (χ4n) is 4.26. The number of carbonyl (C=O) groups excluding carboxylic acids is 1. The van der Waals surface area contributed by atoms with Crippen molar-refractivity contribution in [2.45, 2.75) is 12.0 Å². The molecule has 2 aromatic carbocycles. The van der Waals surface area contributed by atoms with Crippen molar-refractivity contribution in [3.05, 3.63) is 72.1 Å². The minimum absolute atomic E-state index is 0.144. The van der Waals surface area contributed by atoms with Crippen LogP contribution in [0.15, 0.2) is 66.0 Å². The van der Waals surface area contributed by atoms with E-state index < -0.39 is 5.54 Å². The molecule has 5 rings (SSSR count). The van der Waals surface area contributed by atoms with Gasteiger partial charge in [0.25, 0.3) is 0 Å². The van der Waals surface area contributed by atoms with Crippen molar-refractivity contribution < 1.29 is 4.79 Å². The van der Waals surface area contributed by atoms with E-state index in [1.807, 2.05) is 30.5 Å². The summed E-state index contributed by atoms with van der Waals surface area (Å²) in [6, 6.07) is 16.2. The van der Waals surface area contributed by atoms with Crippen LogP contribution in [-0.4, -0.2) is 43.3 Å². The van der Waals surface area contributed by atoms with Crippen LogP contribution in [0.2, 0.25) is 0 Å². The van der Waals surface area contributed by atoms with Crippen molar-refractivity contribution in [3.63, 3.8) is 0 Å². The largest absolute Gasteiger partial charge is 0.369 e. The summed E-state index contributed by atoms with van der Waals surface area (Å²) >= 11 is 0. The Morgan fingerprint density at radius 3 is 2.77 bits per heavy atom. The number of rotatable bonds is 5.